The summed E-state index contributed by atoms with van der Waals surface area (Å²) in [6.45, 7) is 4.14. The smallest absolute Gasteiger partial charge is 0.306 e. The van der Waals surface area contributed by atoms with Gasteiger partial charge < -0.3 is 5.32 Å². The van der Waals surface area contributed by atoms with Crippen LogP contribution in [0, 0.1) is 0 Å². The Labute approximate surface area is 105 Å². The molecule has 1 atom stereocenters. The van der Waals surface area contributed by atoms with Crippen LogP contribution < -0.4 is 5.32 Å². The van der Waals surface area contributed by atoms with Crippen LogP contribution in [-0.4, -0.2) is 28.5 Å². The Bertz CT molecular complexity index is 371. The molecule has 0 fully saturated rings. The van der Waals surface area contributed by atoms with E-state index in [4.69, 9.17) is 0 Å². The molecule has 0 amide bonds. The first-order chi connectivity index (χ1) is 8.38. The number of hydrogen-bond donors (Lipinski definition) is 1. The average Bonchev–Trinajstić information content (AvgIpc) is 2.64. The lowest BCUT2D eigenvalue weighted by atomic mass is 10.1. The van der Waals surface area contributed by atoms with Crippen LogP contribution in [0.3, 0.4) is 0 Å². The van der Waals surface area contributed by atoms with Crippen LogP contribution in [0.2, 0.25) is 0 Å². The summed E-state index contributed by atoms with van der Waals surface area (Å²) >= 11 is 0. The normalized spacial score (nSPS) is 13.9. The number of hydrogen-bond acceptors (Lipinski definition) is 2. The van der Waals surface area contributed by atoms with Crippen LogP contribution in [0.5, 0.6) is 0 Å². The van der Waals surface area contributed by atoms with Crippen LogP contribution in [-0.2, 0) is 19.9 Å². The lowest BCUT2D eigenvalue weighted by Gasteiger charge is -2.21. The molecule has 1 unspecified atom stereocenters. The van der Waals surface area contributed by atoms with Gasteiger partial charge in [0.05, 0.1) is 5.69 Å². The predicted octanol–water partition coefficient (Wildman–Crippen LogP) is 2.46. The van der Waals surface area contributed by atoms with Crippen LogP contribution in [0.15, 0.2) is 6.07 Å². The number of aromatic nitrogens is 2. The summed E-state index contributed by atoms with van der Waals surface area (Å²) in [4.78, 5) is 0. The van der Waals surface area contributed by atoms with Gasteiger partial charge in [0.2, 0.25) is 0 Å². The van der Waals surface area contributed by atoms with Crippen LogP contribution in [0.4, 0.5) is 13.2 Å². The predicted molar refractivity (Wildman–Crippen MR) is 64.4 cm³/mol. The third-order valence-electron chi connectivity index (χ3n) is 2.84. The molecule has 1 aromatic rings. The number of rotatable bonds is 6. The number of nitrogens with one attached hydrogen (secondary N) is 1. The van der Waals surface area contributed by atoms with E-state index in [2.05, 4.69) is 10.4 Å². The van der Waals surface area contributed by atoms with Gasteiger partial charge in [-0.25, -0.2) is 0 Å². The number of aryl methyl sites for hydroxylation is 2. The fraction of sp³-hybridized carbons (Fsp3) is 0.750. The summed E-state index contributed by atoms with van der Waals surface area (Å²) in [6.07, 6.45) is -2.90. The molecule has 0 spiro atoms. The molecule has 0 saturated carbocycles. The van der Waals surface area contributed by atoms with E-state index in [9.17, 15) is 13.2 Å². The second-order valence-electron chi connectivity index (χ2n) is 4.36. The Hall–Kier alpha value is -1.04. The van der Waals surface area contributed by atoms with E-state index in [1.165, 1.54) is 4.68 Å². The zero-order chi connectivity index (χ0) is 13.8. The molecule has 104 valence electrons. The van der Waals surface area contributed by atoms with Gasteiger partial charge in [0.1, 0.15) is 6.04 Å². The first-order valence-corrected chi connectivity index (χ1v) is 6.20. The van der Waals surface area contributed by atoms with Crippen molar-refractivity contribution < 1.29 is 13.2 Å². The molecule has 1 heterocycles. The Morgan fingerprint density at radius 2 is 2.06 bits per heavy atom. The van der Waals surface area contributed by atoms with Gasteiger partial charge in [0, 0.05) is 19.2 Å². The van der Waals surface area contributed by atoms with Gasteiger partial charge in [0.15, 0.2) is 0 Å². The van der Waals surface area contributed by atoms with Crippen molar-refractivity contribution in [3.05, 3.63) is 17.5 Å². The number of alkyl halides is 3. The lowest BCUT2D eigenvalue weighted by molar-refractivity contribution is -0.155. The highest BCUT2D eigenvalue weighted by Gasteiger charge is 2.39. The molecule has 3 nitrogen and oxygen atoms in total. The van der Waals surface area contributed by atoms with Crippen LogP contribution >= 0.6 is 0 Å². The zero-order valence-electron chi connectivity index (χ0n) is 11.0. The van der Waals surface area contributed by atoms with Gasteiger partial charge >= 0.3 is 6.18 Å². The van der Waals surface area contributed by atoms with Crippen molar-refractivity contribution in [1.29, 1.82) is 0 Å². The maximum Gasteiger partial charge on any atom is 0.404 e. The molecule has 1 aromatic heterocycles. The van der Waals surface area contributed by atoms with Crippen molar-refractivity contribution in [2.24, 2.45) is 7.05 Å². The van der Waals surface area contributed by atoms with Gasteiger partial charge in [-0.3, -0.25) is 4.68 Å². The highest BCUT2D eigenvalue weighted by atomic mass is 19.4. The second-order valence-corrected chi connectivity index (χ2v) is 4.36. The molecule has 0 aliphatic heterocycles. The van der Waals surface area contributed by atoms with E-state index in [0.29, 0.717) is 18.7 Å². The van der Waals surface area contributed by atoms with E-state index in [0.717, 1.165) is 12.1 Å². The lowest BCUT2D eigenvalue weighted by Crippen LogP contribution is -2.44. The molecule has 1 N–H and O–H groups in total. The molecule has 0 aliphatic rings. The maximum absolute atomic E-state index is 12.9. The summed E-state index contributed by atoms with van der Waals surface area (Å²) < 4.78 is 40.1. The van der Waals surface area contributed by atoms with Crippen LogP contribution in [0.1, 0.15) is 31.7 Å². The number of nitrogens with zero attached hydrogens (tertiary/aromatic N) is 2. The topological polar surface area (TPSA) is 29.9 Å². The van der Waals surface area contributed by atoms with Gasteiger partial charge in [-0.2, -0.15) is 18.3 Å². The Kier molecular flexibility index (Phi) is 5.19. The van der Waals surface area contributed by atoms with E-state index < -0.39 is 12.2 Å². The van der Waals surface area contributed by atoms with E-state index in [-0.39, 0.29) is 6.42 Å². The van der Waals surface area contributed by atoms with Gasteiger partial charge in [-0.15, -0.1) is 0 Å². The zero-order valence-corrected chi connectivity index (χ0v) is 11.0. The van der Waals surface area contributed by atoms with Crippen molar-refractivity contribution >= 4 is 0 Å². The fourth-order valence-electron chi connectivity index (χ4n) is 1.77. The maximum atomic E-state index is 12.9. The average molecular weight is 263 g/mol. The third-order valence-corrected chi connectivity index (χ3v) is 2.84. The Morgan fingerprint density at radius 1 is 1.39 bits per heavy atom. The molecule has 0 aliphatic carbocycles. The molecule has 6 heteroatoms. The summed E-state index contributed by atoms with van der Waals surface area (Å²) in [6, 6.07) is 0.240. The van der Waals surface area contributed by atoms with E-state index in [1.54, 1.807) is 13.1 Å². The van der Waals surface area contributed by atoms with Crippen molar-refractivity contribution in [3.8, 4) is 0 Å². The Morgan fingerprint density at radius 3 is 2.50 bits per heavy atom. The molecule has 0 saturated heterocycles. The van der Waals surface area contributed by atoms with Crippen molar-refractivity contribution in [3.63, 3.8) is 0 Å². The number of halogens is 3. The van der Waals surface area contributed by atoms with E-state index >= 15 is 0 Å². The minimum absolute atomic E-state index is 0.0764. The first kappa shape index (κ1) is 15.0. The quantitative estimate of drug-likeness (QED) is 0.854. The minimum atomic E-state index is -4.23. The largest absolute Gasteiger partial charge is 0.404 e. The highest BCUT2D eigenvalue weighted by Crippen LogP contribution is 2.23. The minimum Gasteiger partial charge on any atom is -0.306 e. The molecular weight excluding hydrogens is 243 g/mol. The fourth-order valence-corrected chi connectivity index (χ4v) is 1.77. The van der Waals surface area contributed by atoms with Crippen LogP contribution in [0.25, 0.3) is 0 Å². The SMILES string of the molecule is CCCNC(Cc1cc(CC)nn1C)C(F)(F)F. The molecule has 18 heavy (non-hydrogen) atoms. The van der Waals surface area contributed by atoms with Gasteiger partial charge in [-0.1, -0.05) is 13.8 Å². The van der Waals surface area contributed by atoms with Gasteiger partial charge in [-0.05, 0) is 25.5 Å². The first-order valence-electron chi connectivity index (χ1n) is 6.20. The van der Waals surface area contributed by atoms with E-state index in [1.807, 2.05) is 13.8 Å². The molecule has 1 rings (SSSR count). The molecule has 0 radical (unpaired) electrons. The van der Waals surface area contributed by atoms with Crippen molar-refractivity contribution in [1.82, 2.24) is 15.1 Å². The second kappa shape index (κ2) is 6.22. The molecule has 0 aromatic carbocycles. The molecule has 0 bridgehead atoms. The standard InChI is InChI=1S/C12H20F3N3/c1-4-6-16-11(12(13,14)15)8-10-7-9(5-2)17-18(10)3/h7,11,16H,4-6,8H2,1-3H3. The summed E-state index contributed by atoms with van der Waals surface area (Å²) in [5.41, 5.74) is 1.43. The van der Waals surface area contributed by atoms with Crippen molar-refractivity contribution in [2.75, 3.05) is 6.54 Å². The summed E-state index contributed by atoms with van der Waals surface area (Å²) in [5.74, 6) is 0. The van der Waals surface area contributed by atoms with Gasteiger partial charge in [0.25, 0.3) is 0 Å². The monoisotopic (exact) mass is 263 g/mol. The Balaban J connectivity index is 2.78. The highest BCUT2D eigenvalue weighted by molar-refractivity contribution is 5.12. The van der Waals surface area contributed by atoms with Crippen molar-refractivity contribution in [2.45, 2.75) is 45.3 Å². The third kappa shape index (κ3) is 4.01. The summed E-state index contributed by atoms with van der Waals surface area (Å²) in [7, 11) is 1.68. The molecular formula is C12H20F3N3. The summed E-state index contributed by atoms with van der Waals surface area (Å²) in [5, 5.41) is 6.71.